The molecule has 1 aliphatic carbocycles. The van der Waals surface area contributed by atoms with E-state index >= 15 is 0 Å². The number of hydrogen-bond acceptors (Lipinski definition) is 4. The Morgan fingerprint density at radius 3 is 2.27 bits per heavy atom. The number of nitrogens with one attached hydrogen (secondary N) is 2. The van der Waals surface area contributed by atoms with Crippen LogP contribution in [0.5, 0.6) is 0 Å². The van der Waals surface area contributed by atoms with E-state index in [0.717, 1.165) is 37.6 Å². The van der Waals surface area contributed by atoms with Gasteiger partial charge in [-0.2, -0.15) is 0 Å². The van der Waals surface area contributed by atoms with Gasteiger partial charge in [-0.15, -0.1) is 0 Å². The Bertz CT molecular complexity index is 515. The Labute approximate surface area is 157 Å². The largest absolute Gasteiger partial charge is 0.378 e. The first-order valence-electron chi connectivity index (χ1n) is 10.1. The van der Waals surface area contributed by atoms with Crippen molar-refractivity contribution in [2.45, 2.75) is 44.3 Å². The van der Waals surface area contributed by atoms with Crippen molar-refractivity contribution < 1.29 is 9.13 Å². The number of hydrogen-bond donors (Lipinski definition) is 2. The number of nitrogens with zero attached hydrogens (tertiary/aromatic N) is 1. The number of halogens is 1. The molecule has 1 aromatic carbocycles. The third-order valence-corrected chi connectivity index (χ3v) is 6.12. The summed E-state index contributed by atoms with van der Waals surface area (Å²) >= 11 is 0. The quantitative estimate of drug-likeness (QED) is 0.862. The molecule has 0 spiro atoms. The van der Waals surface area contributed by atoms with Gasteiger partial charge in [-0.3, -0.25) is 4.90 Å². The zero-order chi connectivity index (χ0) is 18.4. The molecule has 2 aliphatic heterocycles. The fourth-order valence-corrected chi connectivity index (χ4v) is 4.77. The lowest BCUT2D eigenvalue weighted by atomic mass is 10.0. The van der Waals surface area contributed by atoms with E-state index in [1.165, 1.54) is 44.5 Å². The third kappa shape index (κ3) is 5.26. The summed E-state index contributed by atoms with van der Waals surface area (Å²) in [5, 5.41) is 7.00. The predicted molar refractivity (Wildman–Crippen MR) is 104 cm³/mol. The van der Waals surface area contributed by atoms with Crippen molar-refractivity contribution >= 4 is 0 Å². The highest BCUT2D eigenvalue weighted by molar-refractivity contribution is 5.02. The fourth-order valence-electron chi connectivity index (χ4n) is 4.77. The molecule has 1 saturated carbocycles. The summed E-state index contributed by atoms with van der Waals surface area (Å²) in [7, 11) is 2.05. The highest BCUT2D eigenvalue weighted by Gasteiger charge is 2.43. The molecule has 0 amide bonds. The zero-order valence-corrected chi connectivity index (χ0v) is 16.2. The second-order valence-corrected chi connectivity index (χ2v) is 7.91. The topological polar surface area (TPSA) is 36.5 Å². The molecular weight excluding hydrogens is 329 g/mol. The highest BCUT2D eigenvalue weighted by Crippen LogP contribution is 2.39. The van der Waals surface area contributed by atoms with Gasteiger partial charge in [0.05, 0.1) is 13.2 Å². The summed E-state index contributed by atoms with van der Waals surface area (Å²) < 4.78 is 17.7. The summed E-state index contributed by atoms with van der Waals surface area (Å²) in [6.45, 7) is 7.77. The molecule has 26 heavy (non-hydrogen) atoms. The van der Waals surface area contributed by atoms with Gasteiger partial charge < -0.3 is 15.4 Å². The lowest BCUT2D eigenvalue weighted by Gasteiger charge is -2.35. The van der Waals surface area contributed by atoms with Gasteiger partial charge in [0, 0.05) is 31.2 Å². The highest BCUT2D eigenvalue weighted by atomic mass is 19.1. The lowest BCUT2D eigenvalue weighted by Crippen LogP contribution is -2.48. The van der Waals surface area contributed by atoms with Crippen molar-refractivity contribution in [2.75, 3.05) is 39.9 Å². The van der Waals surface area contributed by atoms with Gasteiger partial charge in [-0.1, -0.05) is 25.1 Å². The molecule has 0 aromatic heterocycles. The molecule has 2 saturated heterocycles. The van der Waals surface area contributed by atoms with Crippen molar-refractivity contribution in [1.29, 1.82) is 0 Å². The van der Waals surface area contributed by atoms with Gasteiger partial charge in [0.25, 0.3) is 0 Å². The number of likely N-dealkylation sites (tertiary alicyclic amines) is 1. The molecule has 4 nitrogen and oxygen atoms in total. The first-order valence-corrected chi connectivity index (χ1v) is 10.1. The maximum Gasteiger partial charge on any atom is 0.123 e. The summed E-state index contributed by atoms with van der Waals surface area (Å²) in [4.78, 5) is 2.71. The Kier molecular flexibility index (Phi) is 7.43. The van der Waals surface area contributed by atoms with Crippen LogP contribution in [0.3, 0.4) is 0 Å². The molecule has 3 fully saturated rings. The van der Waals surface area contributed by atoms with E-state index in [4.69, 9.17) is 4.74 Å². The van der Waals surface area contributed by atoms with Crippen LogP contribution in [-0.2, 0) is 4.74 Å². The summed E-state index contributed by atoms with van der Waals surface area (Å²) in [6.07, 6.45) is 4.03. The minimum atomic E-state index is -0.178. The van der Waals surface area contributed by atoms with Crippen molar-refractivity contribution in [3.05, 3.63) is 36.1 Å². The molecule has 0 bridgehead atoms. The zero-order valence-electron chi connectivity index (χ0n) is 16.2. The second-order valence-electron chi connectivity index (χ2n) is 7.91. The van der Waals surface area contributed by atoms with E-state index in [2.05, 4.69) is 29.5 Å². The first kappa shape index (κ1) is 19.7. The van der Waals surface area contributed by atoms with Crippen molar-refractivity contribution in [1.82, 2.24) is 15.5 Å². The van der Waals surface area contributed by atoms with E-state index in [0.29, 0.717) is 12.1 Å². The normalized spacial score (nSPS) is 34.2. The lowest BCUT2D eigenvalue weighted by molar-refractivity contribution is 0.00585. The number of likely N-dealkylation sites (N-methyl/N-ethyl adjacent to an activating group) is 1. The van der Waals surface area contributed by atoms with Crippen LogP contribution >= 0.6 is 0 Å². The summed E-state index contributed by atoms with van der Waals surface area (Å²) in [5.41, 5.74) is 0. The molecule has 2 N–H and O–H groups in total. The molecule has 3 aliphatic rings. The van der Waals surface area contributed by atoms with Crippen LogP contribution in [0.4, 0.5) is 4.39 Å². The Morgan fingerprint density at radius 2 is 1.73 bits per heavy atom. The molecule has 4 atom stereocenters. The van der Waals surface area contributed by atoms with E-state index in [-0.39, 0.29) is 5.82 Å². The number of rotatable bonds is 4. The average molecular weight is 364 g/mol. The van der Waals surface area contributed by atoms with Gasteiger partial charge >= 0.3 is 0 Å². The maximum atomic E-state index is 11.9. The predicted octanol–water partition coefficient (Wildman–Crippen LogP) is 2.51. The first-order chi connectivity index (χ1) is 12.7. The molecule has 5 heteroatoms. The van der Waals surface area contributed by atoms with Gasteiger partial charge in [-0.25, -0.2) is 4.39 Å². The van der Waals surface area contributed by atoms with E-state index in [9.17, 15) is 4.39 Å². The van der Waals surface area contributed by atoms with Crippen LogP contribution in [0.25, 0.3) is 0 Å². The third-order valence-electron chi connectivity index (χ3n) is 6.12. The van der Waals surface area contributed by atoms with E-state index in [1.54, 1.807) is 18.2 Å². The van der Waals surface area contributed by atoms with Crippen LogP contribution < -0.4 is 10.6 Å². The van der Waals surface area contributed by atoms with Crippen molar-refractivity contribution in [3.63, 3.8) is 0 Å². The average Bonchev–Trinajstić information content (AvgIpc) is 3.22. The summed E-state index contributed by atoms with van der Waals surface area (Å²) in [6, 6.07) is 9.92. The molecule has 4 unspecified atom stereocenters. The molecule has 0 radical (unpaired) electrons. The number of benzene rings is 1. The number of ether oxygens (including phenoxy) is 1. The van der Waals surface area contributed by atoms with Crippen LogP contribution in [0, 0.1) is 17.7 Å². The van der Waals surface area contributed by atoms with Crippen LogP contribution in [-0.4, -0.2) is 62.9 Å². The minimum absolute atomic E-state index is 0.178. The monoisotopic (exact) mass is 363 g/mol. The fraction of sp³-hybridized carbons (Fsp3) is 0.714. The van der Waals surface area contributed by atoms with E-state index in [1.807, 2.05) is 0 Å². The smallest absolute Gasteiger partial charge is 0.123 e. The standard InChI is InChI=1S/C15H29N3O.C6H5F/c1-3-17-13-4-11-7-18(8-12(11)5-13)15-6-14(16-2)9-19-10-15;7-6-4-2-1-3-5-6/h11-17H,3-10H2,1-2H3;1-5H. The van der Waals surface area contributed by atoms with Crippen molar-refractivity contribution in [2.24, 2.45) is 11.8 Å². The molecule has 1 aromatic rings. The SMILES string of the molecule is CCNC1CC2CN(C3COCC(NC)C3)CC2C1.Fc1ccccc1. The molecule has 146 valence electrons. The van der Waals surface area contributed by atoms with Gasteiger partial charge in [0.1, 0.15) is 5.82 Å². The van der Waals surface area contributed by atoms with Gasteiger partial charge in [0.15, 0.2) is 0 Å². The van der Waals surface area contributed by atoms with Crippen molar-refractivity contribution in [3.8, 4) is 0 Å². The molecular formula is C21H34FN3O. The van der Waals surface area contributed by atoms with Crippen LogP contribution in [0.2, 0.25) is 0 Å². The minimum Gasteiger partial charge on any atom is -0.378 e. The van der Waals surface area contributed by atoms with Gasteiger partial charge in [0.2, 0.25) is 0 Å². The maximum absolute atomic E-state index is 11.9. The Hall–Kier alpha value is -1.01. The Balaban J connectivity index is 0.000000236. The van der Waals surface area contributed by atoms with Crippen LogP contribution in [0.1, 0.15) is 26.2 Å². The Morgan fingerprint density at radius 1 is 1.04 bits per heavy atom. The molecule has 2 heterocycles. The number of fused-ring (bicyclic) bond motifs is 1. The van der Waals surface area contributed by atoms with E-state index < -0.39 is 0 Å². The van der Waals surface area contributed by atoms with Gasteiger partial charge in [-0.05, 0) is 56.8 Å². The van der Waals surface area contributed by atoms with Crippen LogP contribution in [0.15, 0.2) is 30.3 Å². The molecule has 4 rings (SSSR count). The second kappa shape index (κ2) is 9.79. The summed E-state index contributed by atoms with van der Waals surface area (Å²) in [5.74, 6) is 1.68.